The Morgan fingerprint density at radius 1 is 1.45 bits per heavy atom. The highest BCUT2D eigenvalue weighted by molar-refractivity contribution is 5.74. The van der Waals surface area contributed by atoms with Crippen molar-refractivity contribution < 1.29 is 14.3 Å². The molecular weight excluding hydrogens is 282 g/mol. The van der Waals surface area contributed by atoms with Gasteiger partial charge in [0.2, 0.25) is 0 Å². The normalized spacial score (nSPS) is 23.3. The average molecular weight is 309 g/mol. The highest BCUT2D eigenvalue weighted by Crippen LogP contribution is 2.24. The van der Waals surface area contributed by atoms with E-state index in [1.54, 1.807) is 6.26 Å². The second kappa shape index (κ2) is 8.19. The molecule has 1 aromatic rings. The zero-order valence-electron chi connectivity index (χ0n) is 13.4. The number of carbonyl (C=O) groups is 1. The van der Waals surface area contributed by atoms with E-state index in [0.29, 0.717) is 6.54 Å². The van der Waals surface area contributed by atoms with Crippen LogP contribution >= 0.6 is 0 Å². The Bertz CT molecular complexity index is 447. The summed E-state index contributed by atoms with van der Waals surface area (Å²) in [6.07, 6.45) is 5.79. The molecule has 0 aromatic carbocycles. The molecule has 6 nitrogen and oxygen atoms in total. The molecule has 3 atom stereocenters. The van der Waals surface area contributed by atoms with Crippen LogP contribution in [0.2, 0.25) is 0 Å². The first kappa shape index (κ1) is 16.8. The molecule has 0 bridgehead atoms. The van der Waals surface area contributed by atoms with Crippen LogP contribution in [0.5, 0.6) is 0 Å². The Balaban J connectivity index is 1.83. The molecule has 3 N–H and O–H groups in total. The SMILES string of the molecule is CN(C)C(CNC(=O)NC1CCCCC1CO)c1ccco1. The van der Waals surface area contributed by atoms with Gasteiger partial charge in [-0.2, -0.15) is 0 Å². The molecule has 1 fully saturated rings. The van der Waals surface area contributed by atoms with Gasteiger partial charge in [-0.15, -0.1) is 0 Å². The van der Waals surface area contributed by atoms with Crippen molar-refractivity contribution in [1.29, 1.82) is 0 Å². The fourth-order valence-electron chi connectivity index (χ4n) is 3.04. The van der Waals surface area contributed by atoms with Crippen LogP contribution in [-0.2, 0) is 0 Å². The van der Waals surface area contributed by atoms with Gasteiger partial charge < -0.3 is 20.2 Å². The number of hydrogen-bond donors (Lipinski definition) is 3. The molecular formula is C16H27N3O3. The molecule has 0 saturated heterocycles. The Labute approximate surface area is 131 Å². The second-order valence-electron chi connectivity index (χ2n) is 6.18. The number of amides is 2. The minimum Gasteiger partial charge on any atom is -0.468 e. The molecule has 0 radical (unpaired) electrons. The second-order valence-corrected chi connectivity index (χ2v) is 6.18. The van der Waals surface area contributed by atoms with Gasteiger partial charge in [-0.1, -0.05) is 12.8 Å². The number of carbonyl (C=O) groups excluding carboxylic acids is 1. The first-order chi connectivity index (χ1) is 10.6. The third-order valence-corrected chi connectivity index (χ3v) is 4.41. The van der Waals surface area contributed by atoms with E-state index in [2.05, 4.69) is 10.6 Å². The number of aliphatic hydroxyl groups excluding tert-OH is 1. The van der Waals surface area contributed by atoms with Crippen molar-refractivity contribution in [2.45, 2.75) is 37.8 Å². The summed E-state index contributed by atoms with van der Waals surface area (Å²) in [5.74, 6) is 1.01. The van der Waals surface area contributed by atoms with Crippen molar-refractivity contribution in [3.8, 4) is 0 Å². The Morgan fingerprint density at radius 3 is 2.86 bits per heavy atom. The third kappa shape index (κ3) is 4.48. The van der Waals surface area contributed by atoms with Gasteiger partial charge in [-0.3, -0.25) is 4.90 Å². The van der Waals surface area contributed by atoms with Crippen molar-refractivity contribution in [3.63, 3.8) is 0 Å². The van der Waals surface area contributed by atoms with Crippen LogP contribution in [-0.4, -0.2) is 49.3 Å². The summed E-state index contributed by atoms with van der Waals surface area (Å²) in [6, 6.07) is 3.65. The van der Waals surface area contributed by atoms with Crippen LogP contribution in [0.25, 0.3) is 0 Å². The monoisotopic (exact) mass is 309 g/mol. The maximum atomic E-state index is 12.1. The number of nitrogens with zero attached hydrogens (tertiary/aromatic N) is 1. The lowest BCUT2D eigenvalue weighted by atomic mass is 9.85. The van der Waals surface area contributed by atoms with Crippen LogP contribution in [0, 0.1) is 5.92 Å². The predicted octanol–water partition coefficient (Wildman–Crippen LogP) is 1.73. The van der Waals surface area contributed by atoms with Gasteiger partial charge in [0.25, 0.3) is 0 Å². The van der Waals surface area contributed by atoms with Crippen molar-refractivity contribution in [2.24, 2.45) is 5.92 Å². The number of hydrogen-bond acceptors (Lipinski definition) is 4. The van der Waals surface area contributed by atoms with Crippen molar-refractivity contribution in [3.05, 3.63) is 24.2 Å². The van der Waals surface area contributed by atoms with Gasteiger partial charge in [0, 0.05) is 25.1 Å². The molecule has 22 heavy (non-hydrogen) atoms. The number of nitrogens with one attached hydrogen (secondary N) is 2. The zero-order chi connectivity index (χ0) is 15.9. The van der Waals surface area contributed by atoms with E-state index in [-0.39, 0.29) is 30.6 Å². The van der Waals surface area contributed by atoms with Crippen LogP contribution < -0.4 is 10.6 Å². The van der Waals surface area contributed by atoms with E-state index in [4.69, 9.17) is 4.42 Å². The molecule has 1 saturated carbocycles. The van der Waals surface area contributed by atoms with Crippen LogP contribution in [0.3, 0.4) is 0 Å². The van der Waals surface area contributed by atoms with Crippen LogP contribution in [0.4, 0.5) is 4.79 Å². The van der Waals surface area contributed by atoms with Crippen molar-refractivity contribution >= 4 is 6.03 Å². The zero-order valence-corrected chi connectivity index (χ0v) is 13.4. The van der Waals surface area contributed by atoms with Gasteiger partial charge in [-0.25, -0.2) is 4.79 Å². The molecule has 3 unspecified atom stereocenters. The minimum atomic E-state index is -0.177. The lowest BCUT2D eigenvalue weighted by Crippen LogP contribution is -2.49. The van der Waals surface area contributed by atoms with Gasteiger partial charge in [0.05, 0.1) is 12.3 Å². The maximum Gasteiger partial charge on any atom is 0.315 e. The molecule has 1 aliphatic carbocycles. The smallest absolute Gasteiger partial charge is 0.315 e. The molecule has 124 valence electrons. The van der Waals surface area contributed by atoms with E-state index >= 15 is 0 Å². The molecule has 1 aliphatic rings. The van der Waals surface area contributed by atoms with Crippen LogP contribution in [0.15, 0.2) is 22.8 Å². The summed E-state index contributed by atoms with van der Waals surface area (Å²) < 4.78 is 5.43. The van der Waals surface area contributed by atoms with Crippen molar-refractivity contribution in [2.75, 3.05) is 27.2 Å². The summed E-state index contributed by atoms with van der Waals surface area (Å²) in [7, 11) is 3.91. The van der Waals surface area contributed by atoms with Gasteiger partial charge in [-0.05, 0) is 39.1 Å². The largest absolute Gasteiger partial charge is 0.468 e. The molecule has 2 rings (SSSR count). The van der Waals surface area contributed by atoms with E-state index < -0.39 is 0 Å². The lowest BCUT2D eigenvalue weighted by molar-refractivity contribution is 0.153. The Morgan fingerprint density at radius 2 is 2.23 bits per heavy atom. The fourth-order valence-corrected chi connectivity index (χ4v) is 3.04. The minimum absolute atomic E-state index is 0.000689. The molecule has 6 heteroatoms. The summed E-state index contributed by atoms with van der Waals surface area (Å²) in [6.45, 7) is 0.612. The third-order valence-electron chi connectivity index (χ3n) is 4.41. The highest BCUT2D eigenvalue weighted by atomic mass is 16.3. The Kier molecular flexibility index (Phi) is 6.27. The van der Waals surface area contributed by atoms with E-state index in [9.17, 15) is 9.90 Å². The first-order valence-corrected chi connectivity index (χ1v) is 7.97. The van der Waals surface area contributed by atoms with E-state index in [1.807, 2.05) is 31.1 Å². The molecule has 0 spiro atoms. The number of urea groups is 1. The standard InChI is InChI=1S/C16H27N3O3/c1-19(2)14(15-8-5-9-22-15)10-17-16(21)18-13-7-4-3-6-12(13)11-20/h5,8-9,12-14,20H,3-4,6-7,10-11H2,1-2H3,(H2,17,18,21). The molecule has 1 aromatic heterocycles. The highest BCUT2D eigenvalue weighted by Gasteiger charge is 2.26. The molecule has 2 amide bonds. The summed E-state index contributed by atoms with van der Waals surface area (Å²) in [5, 5.41) is 15.3. The van der Waals surface area contributed by atoms with Gasteiger partial charge in [0.15, 0.2) is 0 Å². The summed E-state index contributed by atoms with van der Waals surface area (Å²) in [4.78, 5) is 14.1. The Hall–Kier alpha value is -1.53. The maximum absolute atomic E-state index is 12.1. The number of aliphatic hydroxyl groups is 1. The number of rotatable bonds is 6. The van der Waals surface area contributed by atoms with E-state index in [1.165, 1.54) is 0 Å². The van der Waals surface area contributed by atoms with E-state index in [0.717, 1.165) is 31.4 Å². The molecule has 0 aliphatic heterocycles. The van der Waals surface area contributed by atoms with Crippen LogP contribution in [0.1, 0.15) is 37.5 Å². The summed E-state index contributed by atoms with van der Waals surface area (Å²) >= 11 is 0. The number of furan rings is 1. The van der Waals surface area contributed by atoms with Gasteiger partial charge in [0.1, 0.15) is 5.76 Å². The number of likely N-dealkylation sites (N-methyl/N-ethyl adjacent to an activating group) is 1. The fraction of sp³-hybridized carbons (Fsp3) is 0.688. The topological polar surface area (TPSA) is 77.7 Å². The summed E-state index contributed by atoms with van der Waals surface area (Å²) in [5.41, 5.74) is 0. The lowest BCUT2D eigenvalue weighted by Gasteiger charge is -2.31. The molecule has 1 heterocycles. The van der Waals surface area contributed by atoms with Crippen molar-refractivity contribution in [1.82, 2.24) is 15.5 Å². The predicted molar refractivity (Wildman–Crippen MR) is 84.5 cm³/mol. The van der Waals surface area contributed by atoms with Gasteiger partial charge >= 0.3 is 6.03 Å². The quantitative estimate of drug-likeness (QED) is 0.748. The first-order valence-electron chi connectivity index (χ1n) is 7.97. The average Bonchev–Trinajstić information content (AvgIpc) is 3.01.